The minimum Gasteiger partial charge on any atom is -0.497 e. The van der Waals surface area contributed by atoms with Gasteiger partial charge in [-0.2, -0.15) is 0 Å². The molecular weight excluding hydrogens is 394 g/mol. The number of nitrogens with one attached hydrogen (secondary N) is 1. The Morgan fingerprint density at radius 1 is 1.05 bits per heavy atom. The van der Waals surface area contributed by atoms with E-state index in [0.717, 1.165) is 20.4 Å². The van der Waals surface area contributed by atoms with E-state index in [1.807, 2.05) is 12.1 Å². The summed E-state index contributed by atoms with van der Waals surface area (Å²) < 4.78 is 7.49. The minimum atomic E-state index is 0.535. The Morgan fingerprint density at radius 2 is 1.86 bits per heavy atom. The lowest BCUT2D eigenvalue weighted by atomic mass is 9.76. The summed E-state index contributed by atoms with van der Waals surface area (Å²) in [5.74, 6) is 1.53. The van der Waals surface area contributed by atoms with Crippen LogP contribution >= 0.6 is 31.9 Å². The van der Waals surface area contributed by atoms with Crippen molar-refractivity contribution in [2.24, 2.45) is 0 Å². The van der Waals surface area contributed by atoms with Gasteiger partial charge in [-0.15, -0.1) is 0 Å². The Morgan fingerprint density at radius 3 is 2.57 bits per heavy atom. The standard InChI is InChI=1S/C17H17Br2NO/c1-21-17-9-14(19)8-16(10-17)20-15-6-12(7-15)11-3-2-4-13(18)5-11/h2-5,8-10,12,15,20H,6-7H2,1H3. The molecule has 4 heteroatoms. The fourth-order valence-corrected chi connectivity index (χ4v) is 3.66. The van der Waals surface area contributed by atoms with E-state index in [4.69, 9.17) is 4.74 Å². The van der Waals surface area contributed by atoms with Crippen LogP contribution in [0.1, 0.15) is 24.3 Å². The van der Waals surface area contributed by atoms with Gasteiger partial charge in [0.25, 0.3) is 0 Å². The van der Waals surface area contributed by atoms with Crippen LogP contribution < -0.4 is 10.1 Å². The summed E-state index contributed by atoms with van der Waals surface area (Å²) in [5.41, 5.74) is 2.54. The van der Waals surface area contributed by atoms with Gasteiger partial charge in [0, 0.05) is 26.7 Å². The third-order valence-electron chi connectivity index (χ3n) is 3.94. The zero-order valence-electron chi connectivity index (χ0n) is 11.8. The maximum absolute atomic E-state index is 5.30. The van der Waals surface area contributed by atoms with Crippen molar-refractivity contribution in [3.8, 4) is 5.75 Å². The van der Waals surface area contributed by atoms with E-state index in [9.17, 15) is 0 Å². The number of halogens is 2. The van der Waals surface area contributed by atoms with Crippen molar-refractivity contribution in [1.29, 1.82) is 0 Å². The topological polar surface area (TPSA) is 21.3 Å². The summed E-state index contributed by atoms with van der Waals surface area (Å²) >= 11 is 7.06. The van der Waals surface area contributed by atoms with Crippen LogP contribution in [0.15, 0.2) is 51.4 Å². The average Bonchev–Trinajstić information content (AvgIpc) is 2.41. The predicted molar refractivity (Wildman–Crippen MR) is 94.2 cm³/mol. The number of ether oxygens (including phenoxy) is 1. The van der Waals surface area contributed by atoms with Gasteiger partial charge in [-0.3, -0.25) is 0 Å². The van der Waals surface area contributed by atoms with E-state index < -0.39 is 0 Å². The number of methoxy groups -OCH3 is 1. The lowest BCUT2D eigenvalue weighted by Crippen LogP contribution is -2.34. The van der Waals surface area contributed by atoms with Crippen molar-refractivity contribution in [3.63, 3.8) is 0 Å². The Hall–Kier alpha value is -1.00. The first-order valence-corrected chi connectivity index (χ1v) is 8.59. The molecule has 0 unspecified atom stereocenters. The second kappa shape index (κ2) is 6.41. The summed E-state index contributed by atoms with van der Waals surface area (Å²) in [6, 6.07) is 15.3. The maximum atomic E-state index is 5.30. The van der Waals surface area contributed by atoms with Crippen molar-refractivity contribution in [2.45, 2.75) is 24.8 Å². The molecule has 1 aliphatic carbocycles. The Labute approximate surface area is 142 Å². The zero-order valence-corrected chi connectivity index (χ0v) is 14.9. The number of hydrogen-bond donors (Lipinski definition) is 1. The van der Waals surface area contributed by atoms with Crippen LogP contribution in [0.5, 0.6) is 5.75 Å². The molecular formula is C17H17Br2NO. The van der Waals surface area contributed by atoms with E-state index in [1.54, 1.807) is 7.11 Å². The van der Waals surface area contributed by atoms with Gasteiger partial charge in [0.2, 0.25) is 0 Å². The number of anilines is 1. The minimum absolute atomic E-state index is 0.535. The Bertz CT molecular complexity index is 638. The molecule has 0 heterocycles. The molecule has 0 saturated heterocycles. The molecule has 0 atom stereocenters. The van der Waals surface area contributed by atoms with E-state index in [1.165, 1.54) is 18.4 Å². The first-order chi connectivity index (χ1) is 10.1. The van der Waals surface area contributed by atoms with Crippen LogP contribution in [0.3, 0.4) is 0 Å². The summed E-state index contributed by atoms with van der Waals surface area (Å²) in [6.07, 6.45) is 2.34. The van der Waals surface area contributed by atoms with Crippen molar-refractivity contribution in [1.82, 2.24) is 0 Å². The quantitative estimate of drug-likeness (QED) is 0.710. The van der Waals surface area contributed by atoms with E-state index in [-0.39, 0.29) is 0 Å². The SMILES string of the molecule is COc1cc(Br)cc(NC2CC(c3cccc(Br)c3)C2)c1. The molecule has 0 aliphatic heterocycles. The van der Waals surface area contributed by atoms with Gasteiger partial charge in [0.15, 0.2) is 0 Å². The van der Waals surface area contributed by atoms with Crippen LogP contribution in [0.25, 0.3) is 0 Å². The van der Waals surface area contributed by atoms with Gasteiger partial charge in [-0.1, -0.05) is 44.0 Å². The molecule has 0 radical (unpaired) electrons. The van der Waals surface area contributed by atoms with Gasteiger partial charge < -0.3 is 10.1 Å². The highest BCUT2D eigenvalue weighted by molar-refractivity contribution is 9.10. The van der Waals surface area contributed by atoms with Crippen LogP contribution in [-0.2, 0) is 0 Å². The van der Waals surface area contributed by atoms with E-state index in [0.29, 0.717) is 12.0 Å². The molecule has 2 aromatic carbocycles. The fourth-order valence-electron chi connectivity index (χ4n) is 2.77. The van der Waals surface area contributed by atoms with Crippen LogP contribution in [0.4, 0.5) is 5.69 Å². The van der Waals surface area contributed by atoms with Crippen LogP contribution in [0, 0.1) is 0 Å². The monoisotopic (exact) mass is 409 g/mol. The van der Waals surface area contributed by atoms with Crippen LogP contribution in [-0.4, -0.2) is 13.2 Å². The van der Waals surface area contributed by atoms with Gasteiger partial charge in [-0.05, 0) is 48.6 Å². The molecule has 0 amide bonds. The normalized spacial score (nSPS) is 20.7. The molecule has 0 aromatic heterocycles. The van der Waals surface area contributed by atoms with Gasteiger partial charge in [0.1, 0.15) is 5.75 Å². The Balaban J connectivity index is 1.61. The summed E-state index contributed by atoms with van der Waals surface area (Å²) in [5, 5.41) is 3.59. The largest absolute Gasteiger partial charge is 0.497 e. The number of hydrogen-bond acceptors (Lipinski definition) is 2. The lowest BCUT2D eigenvalue weighted by Gasteiger charge is -2.37. The molecule has 110 valence electrons. The second-order valence-electron chi connectivity index (χ2n) is 5.44. The van der Waals surface area contributed by atoms with Crippen molar-refractivity contribution < 1.29 is 4.74 Å². The Kier molecular flexibility index (Phi) is 4.55. The van der Waals surface area contributed by atoms with Crippen molar-refractivity contribution >= 4 is 37.5 Å². The molecule has 2 aromatic rings. The van der Waals surface area contributed by atoms with Crippen LogP contribution in [0.2, 0.25) is 0 Å². The summed E-state index contributed by atoms with van der Waals surface area (Å²) in [6.45, 7) is 0. The third-order valence-corrected chi connectivity index (χ3v) is 4.89. The maximum Gasteiger partial charge on any atom is 0.122 e. The highest BCUT2D eigenvalue weighted by Gasteiger charge is 2.30. The third kappa shape index (κ3) is 3.61. The lowest BCUT2D eigenvalue weighted by molar-refractivity contribution is 0.373. The van der Waals surface area contributed by atoms with Gasteiger partial charge in [-0.25, -0.2) is 0 Å². The van der Waals surface area contributed by atoms with Crippen molar-refractivity contribution in [2.75, 3.05) is 12.4 Å². The van der Waals surface area contributed by atoms with E-state index in [2.05, 4.69) is 67.5 Å². The molecule has 3 rings (SSSR count). The molecule has 0 spiro atoms. The summed E-state index contributed by atoms with van der Waals surface area (Å²) in [4.78, 5) is 0. The molecule has 0 bridgehead atoms. The molecule has 1 saturated carbocycles. The predicted octanol–water partition coefficient (Wildman–Crippen LogP) is 5.58. The molecule has 2 nitrogen and oxygen atoms in total. The molecule has 1 N–H and O–H groups in total. The summed E-state index contributed by atoms with van der Waals surface area (Å²) in [7, 11) is 1.69. The molecule has 21 heavy (non-hydrogen) atoms. The second-order valence-corrected chi connectivity index (χ2v) is 7.28. The highest BCUT2D eigenvalue weighted by atomic mass is 79.9. The first-order valence-electron chi connectivity index (χ1n) is 7.00. The number of rotatable bonds is 4. The highest BCUT2D eigenvalue weighted by Crippen LogP contribution is 2.39. The molecule has 1 aliphatic rings. The van der Waals surface area contributed by atoms with Gasteiger partial charge >= 0.3 is 0 Å². The van der Waals surface area contributed by atoms with E-state index >= 15 is 0 Å². The fraction of sp³-hybridized carbons (Fsp3) is 0.294. The van der Waals surface area contributed by atoms with Gasteiger partial charge in [0.05, 0.1) is 7.11 Å². The average molecular weight is 411 g/mol. The number of benzene rings is 2. The smallest absolute Gasteiger partial charge is 0.122 e. The zero-order chi connectivity index (χ0) is 14.8. The molecule has 1 fully saturated rings. The first kappa shape index (κ1) is 14.9. The van der Waals surface area contributed by atoms with Crippen molar-refractivity contribution in [3.05, 3.63) is 57.0 Å².